The van der Waals surface area contributed by atoms with Crippen LogP contribution in [0.2, 0.25) is 0 Å². The van der Waals surface area contributed by atoms with E-state index in [4.69, 9.17) is 9.47 Å². The summed E-state index contributed by atoms with van der Waals surface area (Å²) in [6, 6.07) is 0. The molecule has 2 saturated carbocycles. The van der Waals surface area contributed by atoms with Crippen LogP contribution in [0.1, 0.15) is 71.1 Å². The number of hydrogen-bond donors (Lipinski definition) is 0. The van der Waals surface area contributed by atoms with Crippen molar-refractivity contribution in [1.82, 2.24) is 0 Å². The molecule has 2 rings (SSSR count). The molecule has 0 bridgehead atoms. The predicted octanol–water partition coefficient (Wildman–Crippen LogP) is 5.06. The monoisotopic (exact) mass is 296 g/mol. The van der Waals surface area contributed by atoms with Crippen LogP contribution in [0.25, 0.3) is 0 Å². The second-order valence-corrected chi connectivity index (χ2v) is 7.47. The van der Waals surface area contributed by atoms with Gasteiger partial charge in [-0.15, -0.1) is 0 Å². The van der Waals surface area contributed by atoms with Crippen molar-refractivity contribution in [2.45, 2.75) is 71.1 Å². The summed E-state index contributed by atoms with van der Waals surface area (Å²) in [7, 11) is 1.84. The van der Waals surface area contributed by atoms with Gasteiger partial charge in [0.25, 0.3) is 0 Å². The Hall–Kier alpha value is -0.0800. The molecule has 0 aromatic heterocycles. The van der Waals surface area contributed by atoms with Gasteiger partial charge in [-0.3, -0.25) is 0 Å². The molecule has 0 saturated heterocycles. The van der Waals surface area contributed by atoms with E-state index in [1.54, 1.807) is 0 Å². The minimum Gasteiger partial charge on any atom is -0.384 e. The highest BCUT2D eigenvalue weighted by Crippen LogP contribution is 2.36. The minimum atomic E-state index is 0.847. The molecule has 2 nitrogen and oxygen atoms in total. The van der Waals surface area contributed by atoms with Crippen LogP contribution in [0.4, 0.5) is 0 Å². The molecule has 0 N–H and O–H groups in total. The van der Waals surface area contributed by atoms with Gasteiger partial charge in [0, 0.05) is 26.9 Å². The maximum atomic E-state index is 5.58. The third kappa shape index (κ3) is 6.28. The summed E-state index contributed by atoms with van der Waals surface area (Å²) < 4.78 is 10.9. The minimum absolute atomic E-state index is 0.847. The fraction of sp³-hybridized carbons (Fsp3) is 1.00. The van der Waals surface area contributed by atoms with Crippen molar-refractivity contribution in [3.8, 4) is 0 Å². The molecule has 0 radical (unpaired) electrons. The molecule has 21 heavy (non-hydrogen) atoms. The van der Waals surface area contributed by atoms with Crippen molar-refractivity contribution in [2.24, 2.45) is 23.7 Å². The van der Waals surface area contributed by atoms with Gasteiger partial charge in [0.15, 0.2) is 0 Å². The van der Waals surface area contributed by atoms with Crippen LogP contribution in [0, 0.1) is 23.7 Å². The van der Waals surface area contributed by atoms with E-state index in [1.165, 1.54) is 64.2 Å². The lowest BCUT2D eigenvalue weighted by molar-refractivity contribution is 0.0834. The molecule has 2 aliphatic rings. The Bertz CT molecular complexity index is 250. The van der Waals surface area contributed by atoms with E-state index in [9.17, 15) is 0 Å². The molecular formula is C19H36O2. The Labute approximate surface area is 132 Å². The molecule has 0 spiro atoms. The highest BCUT2D eigenvalue weighted by atomic mass is 16.5. The highest BCUT2D eigenvalue weighted by molar-refractivity contribution is 4.76. The lowest BCUT2D eigenvalue weighted by Crippen LogP contribution is -2.21. The zero-order valence-corrected chi connectivity index (χ0v) is 14.3. The maximum Gasteiger partial charge on any atom is 0.0494 e. The van der Waals surface area contributed by atoms with Gasteiger partial charge in [0.1, 0.15) is 0 Å². The lowest BCUT2D eigenvalue weighted by atomic mass is 9.76. The van der Waals surface area contributed by atoms with E-state index in [-0.39, 0.29) is 0 Å². The summed E-state index contributed by atoms with van der Waals surface area (Å²) in [5, 5.41) is 0. The van der Waals surface area contributed by atoms with Gasteiger partial charge in [-0.2, -0.15) is 0 Å². The van der Waals surface area contributed by atoms with Crippen LogP contribution in [0.5, 0.6) is 0 Å². The molecule has 0 aromatic carbocycles. The average molecular weight is 296 g/mol. The van der Waals surface area contributed by atoms with Crippen molar-refractivity contribution in [3.05, 3.63) is 0 Å². The third-order valence-electron chi connectivity index (χ3n) is 5.88. The standard InChI is InChI=1S/C19H36O2/c1-3-21-15-19-12-8-17(9-13-19)5-4-16-6-10-18(11-7-16)14-20-2/h16-19H,3-15H2,1-2H3/t16-,17-,18-,19-. The Balaban J connectivity index is 1.54. The van der Waals surface area contributed by atoms with Gasteiger partial charge in [0.05, 0.1) is 0 Å². The van der Waals surface area contributed by atoms with Crippen molar-refractivity contribution >= 4 is 0 Å². The van der Waals surface area contributed by atoms with E-state index >= 15 is 0 Å². The molecule has 0 aromatic rings. The summed E-state index contributed by atoms with van der Waals surface area (Å²) in [6.07, 6.45) is 14.4. The second-order valence-electron chi connectivity index (χ2n) is 7.47. The Morgan fingerprint density at radius 2 is 1.10 bits per heavy atom. The highest BCUT2D eigenvalue weighted by Gasteiger charge is 2.24. The van der Waals surface area contributed by atoms with Crippen LogP contribution in [0.3, 0.4) is 0 Å². The number of ether oxygens (including phenoxy) is 2. The summed E-state index contributed by atoms with van der Waals surface area (Å²) in [4.78, 5) is 0. The first-order valence-corrected chi connectivity index (χ1v) is 9.38. The first-order chi connectivity index (χ1) is 10.3. The van der Waals surface area contributed by atoms with Crippen molar-refractivity contribution in [1.29, 1.82) is 0 Å². The molecule has 0 unspecified atom stereocenters. The van der Waals surface area contributed by atoms with E-state index < -0.39 is 0 Å². The van der Waals surface area contributed by atoms with E-state index in [1.807, 2.05) is 7.11 Å². The van der Waals surface area contributed by atoms with Crippen molar-refractivity contribution in [3.63, 3.8) is 0 Å². The zero-order valence-electron chi connectivity index (χ0n) is 14.3. The summed E-state index contributed by atoms with van der Waals surface area (Å²) in [5.41, 5.74) is 0. The predicted molar refractivity (Wildman–Crippen MR) is 88.5 cm³/mol. The summed E-state index contributed by atoms with van der Waals surface area (Å²) >= 11 is 0. The van der Waals surface area contributed by atoms with Gasteiger partial charge in [0.2, 0.25) is 0 Å². The Kier molecular flexibility index (Phi) is 8.10. The van der Waals surface area contributed by atoms with Gasteiger partial charge < -0.3 is 9.47 Å². The van der Waals surface area contributed by atoms with E-state index in [0.29, 0.717) is 0 Å². The van der Waals surface area contributed by atoms with Gasteiger partial charge in [-0.1, -0.05) is 38.5 Å². The number of rotatable bonds is 8. The smallest absolute Gasteiger partial charge is 0.0494 e. The fourth-order valence-corrected chi connectivity index (χ4v) is 4.37. The Morgan fingerprint density at radius 3 is 1.52 bits per heavy atom. The van der Waals surface area contributed by atoms with Crippen molar-refractivity contribution in [2.75, 3.05) is 26.9 Å². The summed E-state index contributed by atoms with van der Waals surface area (Å²) in [5.74, 6) is 3.73. The van der Waals surface area contributed by atoms with Crippen LogP contribution in [0.15, 0.2) is 0 Å². The maximum absolute atomic E-state index is 5.58. The van der Waals surface area contributed by atoms with Gasteiger partial charge in [-0.05, 0) is 56.3 Å². The molecule has 2 fully saturated rings. The third-order valence-corrected chi connectivity index (χ3v) is 5.88. The van der Waals surface area contributed by atoms with Crippen LogP contribution in [-0.4, -0.2) is 26.9 Å². The average Bonchev–Trinajstić information content (AvgIpc) is 2.53. The Morgan fingerprint density at radius 1 is 0.667 bits per heavy atom. The molecule has 2 aliphatic carbocycles. The summed E-state index contributed by atoms with van der Waals surface area (Å²) in [6.45, 7) is 4.97. The normalized spacial score (nSPS) is 34.0. The molecule has 124 valence electrons. The molecule has 0 atom stereocenters. The van der Waals surface area contributed by atoms with E-state index in [2.05, 4.69) is 6.92 Å². The SMILES string of the molecule is CCOC[C@H]1CC[C@H](CC[C@H]2CC[C@H](COC)CC2)CC1. The molecule has 2 heteroatoms. The van der Waals surface area contributed by atoms with Gasteiger partial charge >= 0.3 is 0 Å². The molecule has 0 aliphatic heterocycles. The van der Waals surface area contributed by atoms with Crippen molar-refractivity contribution < 1.29 is 9.47 Å². The quantitative estimate of drug-likeness (QED) is 0.623. The first-order valence-electron chi connectivity index (χ1n) is 9.38. The van der Waals surface area contributed by atoms with Gasteiger partial charge in [-0.25, -0.2) is 0 Å². The number of methoxy groups -OCH3 is 1. The van der Waals surface area contributed by atoms with Crippen LogP contribution in [-0.2, 0) is 9.47 Å². The number of hydrogen-bond acceptors (Lipinski definition) is 2. The fourth-order valence-electron chi connectivity index (χ4n) is 4.37. The molecule has 0 heterocycles. The van der Waals surface area contributed by atoms with E-state index in [0.717, 1.165) is 43.5 Å². The van der Waals surface area contributed by atoms with Crippen LogP contribution < -0.4 is 0 Å². The lowest BCUT2D eigenvalue weighted by Gasteiger charge is -2.31. The zero-order chi connectivity index (χ0) is 14.9. The molecule has 0 amide bonds. The topological polar surface area (TPSA) is 18.5 Å². The van der Waals surface area contributed by atoms with Crippen LogP contribution >= 0.6 is 0 Å². The largest absolute Gasteiger partial charge is 0.384 e. The molecular weight excluding hydrogens is 260 g/mol. The second kappa shape index (κ2) is 9.84. The first kappa shape index (κ1) is 17.3.